The van der Waals surface area contributed by atoms with Gasteiger partial charge in [0.1, 0.15) is 0 Å². The van der Waals surface area contributed by atoms with E-state index in [4.69, 9.17) is 5.73 Å². The fraction of sp³-hybridized carbons (Fsp3) is 0.111. The van der Waals surface area contributed by atoms with Gasteiger partial charge in [-0.2, -0.15) is 9.78 Å². The second-order valence-corrected chi connectivity index (χ2v) is 5.41. The molecule has 2 aromatic carbocycles. The molecule has 23 heavy (non-hydrogen) atoms. The van der Waals surface area contributed by atoms with Gasteiger partial charge in [0.15, 0.2) is 0 Å². The molecule has 0 aliphatic rings. The molecule has 3 rings (SSSR count). The average molecular weight is 305 g/mol. The maximum Gasteiger partial charge on any atom is 0.221 e. The number of anilines is 2. The van der Waals surface area contributed by atoms with Crippen molar-refractivity contribution < 1.29 is 0 Å². The summed E-state index contributed by atoms with van der Waals surface area (Å²) < 4.78 is 1.65. The fourth-order valence-corrected chi connectivity index (χ4v) is 2.27. The second-order valence-electron chi connectivity index (χ2n) is 5.41. The summed E-state index contributed by atoms with van der Waals surface area (Å²) in [4.78, 5) is 6.22. The second kappa shape index (κ2) is 6.36. The number of hydrogen-bond acceptors (Lipinski definition) is 4. The van der Waals surface area contributed by atoms with Crippen LogP contribution in [0.4, 0.5) is 11.6 Å². The van der Waals surface area contributed by atoms with Gasteiger partial charge in [0.25, 0.3) is 0 Å². The predicted octanol–water partition coefficient (Wildman–Crippen LogP) is 3.08. The van der Waals surface area contributed by atoms with E-state index in [0.29, 0.717) is 5.95 Å². The number of hydrogen-bond donors (Lipinski definition) is 1. The van der Waals surface area contributed by atoms with E-state index in [1.807, 2.05) is 56.6 Å². The van der Waals surface area contributed by atoms with Crippen LogP contribution in [0.2, 0.25) is 0 Å². The highest BCUT2D eigenvalue weighted by molar-refractivity contribution is 5.80. The van der Waals surface area contributed by atoms with Gasteiger partial charge < -0.3 is 10.6 Å². The van der Waals surface area contributed by atoms with E-state index in [1.165, 1.54) is 0 Å². The van der Waals surface area contributed by atoms with Crippen molar-refractivity contribution in [1.82, 2.24) is 9.66 Å². The van der Waals surface area contributed by atoms with Gasteiger partial charge >= 0.3 is 0 Å². The van der Waals surface area contributed by atoms with E-state index in [1.54, 1.807) is 17.1 Å². The first-order valence-corrected chi connectivity index (χ1v) is 7.35. The van der Waals surface area contributed by atoms with E-state index in [9.17, 15) is 0 Å². The average Bonchev–Trinajstić information content (AvgIpc) is 2.95. The Kier molecular flexibility index (Phi) is 4.10. The van der Waals surface area contributed by atoms with Crippen LogP contribution in [0.15, 0.2) is 65.9 Å². The summed E-state index contributed by atoms with van der Waals surface area (Å²) in [6, 6.07) is 18.1. The zero-order chi connectivity index (χ0) is 16.2. The minimum Gasteiger partial charge on any atom is -0.378 e. The third-order valence-corrected chi connectivity index (χ3v) is 3.57. The SMILES string of the molecule is CN(C)c1ccc(C=Nn2c(-c3ccccc3)cnc2N)cc1. The van der Waals surface area contributed by atoms with Crippen LogP contribution in [0.3, 0.4) is 0 Å². The first-order chi connectivity index (χ1) is 11.1. The Hall–Kier alpha value is -3.08. The molecule has 0 spiro atoms. The highest BCUT2D eigenvalue weighted by Gasteiger charge is 2.07. The van der Waals surface area contributed by atoms with E-state index in [0.717, 1.165) is 22.5 Å². The van der Waals surface area contributed by atoms with Gasteiger partial charge in [-0.25, -0.2) is 4.98 Å². The Bertz CT molecular complexity index is 801. The number of benzene rings is 2. The Morgan fingerprint density at radius 1 is 1.04 bits per heavy atom. The third-order valence-electron chi connectivity index (χ3n) is 3.57. The number of nitrogens with zero attached hydrogens (tertiary/aromatic N) is 4. The molecule has 3 aromatic rings. The predicted molar refractivity (Wildman–Crippen MR) is 95.8 cm³/mol. The molecule has 0 amide bonds. The molecule has 0 fully saturated rings. The van der Waals surface area contributed by atoms with E-state index < -0.39 is 0 Å². The molecule has 0 aliphatic carbocycles. The number of nitrogen functional groups attached to an aromatic ring is 1. The first-order valence-electron chi connectivity index (χ1n) is 7.35. The lowest BCUT2D eigenvalue weighted by Crippen LogP contribution is -2.08. The van der Waals surface area contributed by atoms with Crippen LogP contribution in [0.5, 0.6) is 0 Å². The summed E-state index contributed by atoms with van der Waals surface area (Å²) in [6.07, 6.45) is 3.51. The molecule has 0 radical (unpaired) electrons. The Morgan fingerprint density at radius 2 is 1.74 bits per heavy atom. The van der Waals surface area contributed by atoms with Gasteiger partial charge in [-0.3, -0.25) is 0 Å². The van der Waals surface area contributed by atoms with Crippen molar-refractivity contribution in [3.05, 3.63) is 66.4 Å². The van der Waals surface area contributed by atoms with Crippen molar-refractivity contribution in [2.24, 2.45) is 5.10 Å². The monoisotopic (exact) mass is 305 g/mol. The molecule has 5 nitrogen and oxygen atoms in total. The minimum atomic E-state index is 0.366. The maximum absolute atomic E-state index is 5.94. The van der Waals surface area contributed by atoms with Crippen LogP contribution in [-0.2, 0) is 0 Å². The quantitative estimate of drug-likeness (QED) is 0.754. The molecule has 1 aromatic heterocycles. The van der Waals surface area contributed by atoms with Crippen molar-refractivity contribution in [3.63, 3.8) is 0 Å². The molecule has 0 atom stereocenters. The van der Waals surface area contributed by atoms with E-state index in [2.05, 4.69) is 27.1 Å². The van der Waals surface area contributed by atoms with Gasteiger partial charge in [0.2, 0.25) is 5.95 Å². The fourth-order valence-electron chi connectivity index (χ4n) is 2.27. The molecular formula is C18H19N5. The third kappa shape index (κ3) is 3.23. The molecule has 116 valence electrons. The lowest BCUT2D eigenvalue weighted by Gasteiger charge is -2.11. The van der Waals surface area contributed by atoms with Gasteiger partial charge in [0.05, 0.1) is 18.1 Å². The Labute approximate surface area is 135 Å². The molecule has 0 saturated heterocycles. The van der Waals surface area contributed by atoms with Gasteiger partial charge in [0, 0.05) is 25.3 Å². The summed E-state index contributed by atoms with van der Waals surface area (Å²) in [5, 5.41) is 4.48. The lowest BCUT2D eigenvalue weighted by atomic mass is 10.2. The number of nitrogens with two attached hydrogens (primary N) is 1. The molecule has 1 heterocycles. The normalized spacial score (nSPS) is 11.0. The van der Waals surface area contributed by atoms with Crippen LogP contribution >= 0.6 is 0 Å². The molecular weight excluding hydrogens is 286 g/mol. The van der Waals surface area contributed by atoms with Crippen molar-refractivity contribution in [1.29, 1.82) is 0 Å². The molecule has 0 bridgehead atoms. The van der Waals surface area contributed by atoms with Crippen LogP contribution in [0, 0.1) is 0 Å². The van der Waals surface area contributed by atoms with Crippen molar-refractivity contribution >= 4 is 17.9 Å². The molecule has 5 heteroatoms. The Morgan fingerprint density at radius 3 is 2.39 bits per heavy atom. The minimum absolute atomic E-state index is 0.366. The summed E-state index contributed by atoms with van der Waals surface area (Å²) in [7, 11) is 4.03. The van der Waals surface area contributed by atoms with Crippen molar-refractivity contribution in [2.45, 2.75) is 0 Å². The summed E-state index contributed by atoms with van der Waals surface area (Å²) in [5.41, 5.74) is 9.98. The summed E-state index contributed by atoms with van der Waals surface area (Å²) in [5.74, 6) is 0.366. The van der Waals surface area contributed by atoms with E-state index in [-0.39, 0.29) is 0 Å². The molecule has 0 unspecified atom stereocenters. The smallest absolute Gasteiger partial charge is 0.221 e. The zero-order valence-electron chi connectivity index (χ0n) is 13.2. The maximum atomic E-state index is 5.94. The first kappa shape index (κ1) is 14.8. The highest BCUT2D eigenvalue weighted by atomic mass is 15.4. The summed E-state index contributed by atoms with van der Waals surface area (Å²) in [6.45, 7) is 0. The van der Waals surface area contributed by atoms with Crippen molar-refractivity contribution in [2.75, 3.05) is 24.7 Å². The zero-order valence-corrected chi connectivity index (χ0v) is 13.2. The van der Waals surface area contributed by atoms with Gasteiger partial charge in [-0.05, 0) is 17.7 Å². The summed E-state index contributed by atoms with van der Waals surface area (Å²) >= 11 is 0. The lowest BCUT2D eigenvalue weighted by molar-refractivity contribution is 0.906. The molecule has 2 N–H and O–H groups in total. The van der Waals surface area contributed by atoms with Gasteiger partial charge in [-0.15, -0.1) is 0 Å². The number of imidazole rings is 1. The standard InChI is InChI=1S/C18H19N5/c1-22(2)16-10-8-14(9-11-16)12-21-23-17(13-20-18(23)19)15-6-4-3-5-7-15/h3-13H,1-2H3,(H2,19,20). The topological polar surface area (TPSA) is 59.4 Å². The van der Waals surface area contributed by atoms with E-state index >= 15 is 0 Å². The van der Waals surface area contributed by atoms with Crippen LogP contribution in [-0.4, -0.2) is 30.0 Å². The van der Waals surface area contributed by atoms with Gasteiger partial charge in [-0.1, -0.05) is 42.5 Å². The van der Waals surface area contributed by atoms with Crippen LogP contribution < -0.4 is 10.6 Å². The largest absolute Gasteiger partial charge is 0.378 e. The number of rotatable bonds is 4. The molecule has 0 aliphatic heterocycles. The number of aromatic nitrogens is 2. The highest BCUT2D eigenvalue weighted by Crippen LogP contribution is 2.21. The molecule has 0 saturated carbocycles. The van der Waals surface area contributed by atoms with Crippen molar-refractivity contribution in [3.8, 4) is 11.3 Å². The van der Waals surface area contributed by atoms with Crippen LogP contribution in [0.25, 0.3) is 11.3 Å². The Balaban J connectivity index is 1.89. The van der Waals surface area contributed by atoms with Crippen LogP contribution in [0.1, 0.15) is 5.56 Å².